The van der Waals surface area contributed by atoms with Crippen LogP contribution in [0.4, 0.5) is 0 Å². The van der Waals surface area contributed by atoms with Crippen LogP contribution in [0.2, 0.25) is 0 Å². The minimum absolute atomic E-state index is 0.0430. The summed E-state index contributed by atoms with van der Waals surface area (Å²) in [5, 5.41) is 2.89. The molecule has 3 rings (SSSR count). The molecule has 6 nitrogen and oxygen atoms in total. The first-order valence-electron chi connectivity index (χ1n) is 8.49. The number of imidazole rings is 1. The van der Waals surface area contributed by atoms with Crippen LogP contribution in [0.5, 0.6) is 0 Å². The first-order chi connectivity index (χ1) is 12.9. The molecular formula is C19H21N3O3S2. The summed E-state index contributed by atoms with van der Waals surface area (Å²) < 4.78 is 25.1. The SMILES string of the molecule is CS(=O)(=O)Cc1nc2ccccc2n1CC(=O)NCCSc1ccccc1. The Bertz CT molecular complexity index is 1030. The minimum atomic E-state index is -3.25. The summed E-state index contributed by atoms with van der Waals surface area (Å²) in [4.78, 5) is 17.9. The smallest absolute Gasteiger partial charge is 0.240 e. The lowest BCUT2D eigenvalue weighted by Crippen LogP contribution is -2.30. The zero-order valence-electron chi connectivity index (χ0n) is 15.0. The second kappa shape index (κ2) is 8.58. The largest absolute Gasteiger partial charge is 0.354 e. The first kappa shape index (κ1) is 19.4. The molecule has 2 aromatic carbocycles. The number of sulfone groups is 1. The Hall–Kier alpha value is -2.32. The maximum Gasteiger partial charge on any atom is 0.240 e. The second-order valence-corrected chi connectivity index (χ2v) is 9.49. The van der Waals surface area contributed by atoms with Crippen LogP contribution in [0, 0.1) is 0 Å². The molecule has 27 heavy (non-hydrogen) atoms. The molecule has 1 heterocycles. The molecule has 0 aliphatic rings. The van der Waals surface area contributed by atoms with Crippen LogP contribution in [0.1, 0.15) is 5.82 Å². The van der Waals surface area contributed by atoms with E-state index in [0.717, 1.165) is 22.4 Å². The van der Waals surface area contributed by atoms with Gasteiger partial charge in [-0.2, -0.15) is 0 Å². The number of para-hydroxylation sites is 2. The van der Waals surface area contributed by atoms with Crippen LogP contribution >= 0.6 is 11.8 Å². The van der Waals surface area contributed by atoms with Gasteiger partial charge in [-0.15, -0.1) is 11.8 Å². The van der Waals surface area contributed by atoms with Gasteiger partial charge in [0.1, 0.15) is 18.1 Å². The Balaban J connectivity index is 1.64. The molecule has 8 heteroatoms. The zero-order chi connectivity index (χ0) is 19.3. The predicted octanol–water partition coefficient (Wildman–Crippen LogP) is 2.49. The summed E-state index contributed by atoms with van der Waals surface area (Å²) in [6, 6.07) is 17.3. The van der Waals surface area contributed by atoms with Gasteiger partial charge in [-0.1, -0.05) is 30.3 Å². The summed E-state index contributed by atoms with van der Waals surface area (Å²) >= 11 is 1.67. The molecule has 0 aliphatic heterocycles. The summed E-state index contributed by atoms with van der Waals surface area (Å²) in [5.41, 5.74) is 1.44. The predicted molar refractivity (Wildman–Crippen MR) is 108 cm³/mol. The average Bonchev–Trinajstić information content (AvgIpc) is 2.95. The van der Waals surface area contributed by atoms with Crippen molar-refractivity contribution < 1.29 is 13.2 Å². The van der Waals surface area contributed by atoms with Gasteiger partial charge in [0.2, 0.25) is 5.91 Å². The number of amides is 1. The van der Waals surface area contributed by atoms with Crippen LogP contribution in [0.25, 0.3) is 11.0 Å². The molecule has 1 aromatic heterocycles. The van der Waals surface area contributed by atoms with Gasteiger partial charge in [0.15, 0.2) is 9.84 Å². The Morgan fingerprint density at radius 1 is 1.11 bits per heavy atom. The van der Waals surface area contributed by atoms with E-state index < -0.39 is 9.84 Å². The average molecular weight is 404 g/mol. The summed E-state index contributed by atoms with van der Waals surface area (Å²) in [6.07, 6.45) is 1.16. The number of hydrogen-bond donors (Lipinski definition) is 1. The van der Waals surface area contributed by atoms with Gasteiger partial charge in [-0.05, 0) is 24.3 Å². The van der Waals surface area contributed by atoms with Gasteiger partial charge in [0.05, 0.1) is 11.0 Å². The highest BCUT2D eigenvalue weighted by Crippen LogP contribution is 2.18. The quantitative estimate of drug-likeness (QED) is 0.462. The number of aromatic nitrogens is 2. The van der Waals surface area contributed by atoms with Gasteiger partial charge in [0, 0.05) is 23.4 Å². The van der Waals surface area contributed by atoms with Gasteiger partial charge < -0.3 is 9.88 Å². The molecule has 0 bridgehead atoms. The Morgan fingerprint density at radius 2 is 1.81 bits per heavy atom. The van der Waals surface area contributed by atoms with E-state index in [4.69, 9.17) is 0 Å². The van der Waals surface area contributed by atoms with Crippen molar-refractivity contribution in [1.82, 2.24) is 14.9 Å². The third-order valence-corrected chi connectivity index (χ3v) is 5.66. The maximum atomic E-state index is 12.4. The normalized spacial score (nSPS) is 11.6. The maximum absolute atomic E-state index is 12.4. The molecular weight excluding hydrogens is 382 g/mol. The molecule has 3 aromatic rings. The molecule has 0 spiro atoms. The van der Waals surface area contributed by atoms with Crippen molar-refractivity contribution in [3.05, 3.63) is 60.4 Å². The van der Waals surface area contributed by atoms with Gasteiger partial charge >= 0.3 is 0 Å². The highest BCUT2D eigenvalue weighted by Gasteiger charge is 2.17. The fourth-order valence-electron chi connectivity index (χ4n) is 2.72. The second-order valence-electron chi connectivity index (χ2n) is 6.18. The lowest BCUT2D eigenvalue weighted by atomic mass is 10.3. The van der Waals surface area contributed by atoms with Crippen LogP contribution in [-0.2, 0) is 26.9 Å². The molecule has 0 saturated carbocycles. The molecule has 0 atom stereocenters. The number of carbonyl (C=O) groups is 1. The van der Waals surface area contributed by atoms with Crippen molar-refractivity contribution in [2.45, 2.75) is 17.2 Å². The fraction of sp³-hybridized carbons (Fsp3) is 0.263. The zero-order valence-corrected chi connectivity index (χ0v) is 16.6. The van der Waals surface area contributed by atoms with Crippen molar-refractivity contribution in [2.24, 2.45) is 0 Å². The molecule has 1 N–H and O–H groups in total. The van der Waals surface area contributed by atoms with E-state index in [1.807, 2.05) is 54.6 Å². The molecule has 0 saturated heterocycles. The number of fused-ring (bicyclic) bond motifs is 1. The van der Waals surface area contributed by atoms with E-state index in [-0.39, 0.29) is 18.2 Å². The topological polar surface area (TPSA) is 81.1 Å². The standard InChI is InChI=1S/C19H21N3O3S2/c1-27(24,25)14-18-21-16-9-5-6-10-17(16)22(18)13-19(23)20-11-12-26-15-7-3-2-4-8-15/h2-10H,11-14H2,1H3,(H,20,23). The third kappa shape index (κ3) is 5.58. The van der Waals surface area contributed by atoms with E-state index in [9.17, 15) is 13.2 Å². The molecule has 142 valence electrons. The summed E-state index contributed by atoms with van der Waals surface area (Å²) in [5.74, 6) is 0.782. The van der Waals surface area contributed by atoms with Gasteiger partial charge in [-0.3, -0.25) is 4.79 Å². The van der Waals surface area contributed by atoms with Gasteiger partial charge in [0.25, 0.3) is 0 Å². The molecule has 0 fully saturated rings. The number of rotatable bonds is 8. The molecule has 0 aliphatic carbocycles. The lowest BCUT2D eigenvalue weighted by molar-refractivity contribution is -0.121. The molecule has 0 unspecified atom stereocenters. The van der Waals surface area contributed by atoms with E-state index in [1.54, 1.807) is 16.3 Å². The van der Waals surface area contributed by atoms with E-state index in [1.165, 1.54) is 0 Å². The van der Waals surface area contributed by atoms with Crippen molar-refractivity contribution in [2.75, 3.05) is 18.6 Å². The number of carbonyl (C=O) groups excluding carboxylic acids is 1. The number of benzene rings is 2. The van der Waals surface area contributed by atoms with Gasteiger partial charge in [-0.25, -0.2) is 13.4 Å². The Kier molecular flexibility index (Phi) is 6.18. The fourth-order valence-corrected chi connectivity index (χ4v) is 4.20. The molecule has 1 amide bonds. The number of thioether (sulfide) groups is 1. The van der Waals surface area contributed by atoms with E-state index in [2.05, 4.69) is 10.3 Å². The first-order valence-corrected chi connectivity index (χ1v) is 11.5. The van der Waals surface area contributed by atoms with Crippen molar-refractivity contribution in [1.29, 1.82) is 0 Å². The third-order valence-electron chi connectivity index (χ3n) is 3.86. The van der Waals surface area contributed by atoms with Crippen LogP contribution < -0.4 is 5.32 Å². The highest BCUT2D eigenvalue weighted by molar-refractivity contribution is 7.99. The van der Waals surface area contributed by atoms with E-state index >= 15 is 0 Å². The number of hydrogen-bond acceptors (Lipinski definition) is 5. The Morgan fingerprint density at radius 3 is 2.56 bits per heavy atom. The van der Waals surface area contributed by atoms with Crippen LogP contribution in [0.3, 0.4) is 0 Å². The van der Waals surface area contributed by atoms with Crippen LogP contribution in [-0.4, -0.2) is 42.4 Å². The molecule has 0 radical (unpaired) electrons. The van der Waals surface area contributed by atoms with Crippen molar-refractivity contribution >= 4 is 38.5 Å². The number of nitrogens with one attached hydrogen (secondary N) is 1. The number of nitrogens with zero attached hydrogens (tertiary/aromatic N) is 2. The minimum Gasteiger partial charge on any atom is -0.354 e. The summed E-state index contributed by atoms with van der Waals surface area (Å²) in [7, 11) is -3.25. The van der Waals surface area contributed by atoms with Crippen molar-refractivity contribution in [3.63, 3.8) is 0 Å². The van der Waals surface area contributed by atoms with E-state index in [0.29, 0.717) is 17.9 Å². The van der Waals surface area contributed by atoms with Crippen LogP contribution in [0.15, 0.2) is 59.5 Å². The Labute approximate surface area is 162 Å². The highest BCUT2D eigenvalue weighted by atomic mass is 32.2. The van der Waals surface area contributed by atoms with Crippen molar-refractivity contribution in [3.8, 4) is 0 Å². The summed E-state index contributed by atoms with van der Waals surface area (Å²) in [6.45, 7) is 0.577. The lowest BCUT2D eigenvalue weighted by Gasteiger charge is -2.10. The monoisotopic (exact) mass is 403 g/mol.